The van der Waals surface area contributed by atoms with Gasteiger partial charge in [0, 0.05) is 40.7 Å². The third-order valence-corrected chi connectivity index (χ3v) is 6.72. The summed E-state index contributed by atoms with van der Waals surface area (Å²) in [5.74, 6) is 1.28. The summed E-state index contributed by atoms with van der Waals surface area (Å²) in [6.07, 6.45) is 2.71. The van der Waals surface area contributed by atoms with Crippen LogP contribution in [-0.4, -0.2) is 29.5 Å². The highest BCUT2D eigenvalue weighted by molar-refractivity contribution is 7.99. The maximum absolute atomic E-state index is 12.9. The first-order chi connectivity index (χ1) is 15.2. The first-order valence-electron chi connectivity index (χ1n) is 10.3. The minimum atomic E-state index is -0.238. The number of thioether (sulfide) groups is 1. The molecule has 0 amide bonds. The molecule has 5 heteroatoms. The number of benzene rings is 3. The molecule has 1 unspecified atom stereocenters. The average molecular weight is 430 g/mol. The summed E-state index contributed by atoms with van der Waals surface area (Å²) in [6.45, 7) is 0.777. The summed E-state index contributed by atoms with van der Waals surface area (Å²) in [7, 11) is 1.67. The summed E-state index contributed by atoms with van der Waals surface area (Å²) >= 11 is 1.68. The molecule has 0 aliphatic carbocycles. The molecule has 1 aromatic heterocycles. The Morgan fingerprint density at radius 3 is 2.74 bits per heavy atom. The quantitative estimate of drug-likeness (QED) is 0.297. The van der Waals surface area contributed by atoms with Gasteiger partial charge in [-0.2, -0.15) is 0 Å². The van der Waals surface area contributed by atoms with Crippen LogP contribution in [0.25, 0.3) is 10.9 Å². The zero-order valence-corrected chi connectivity index (χ0v) is 18.1. The number of cyclic esters (lactones) is 1. The van der Waals surface area contributed by atoms with Gasteiger partial charge in [0.1, 0.15) is 11.9 Å². The van der Waals surface area contributed by atoms with Crippen molar-refractivity contribution in [3.63, 3.8) is 0 Å². The van der Waals surface area contributed by atoms with Gasteiger partial charge in [-0.3, -0.25) is 0 Å². The number of methoxy groups -OCH3 is 1. The summed E-state index contributed by atoms with van der Waals surface area (Å²) in [5.41, 5.74) is 4.15. The average Bonchev–Trinajstić information content (AvgIpc) is 3.08. The van der Waals surface area contributed by atoms with Crippen LogP contribution in [0.2, 0.25) is 0 Å². The van der Waals surface area contributed by atoms with Crippen molar-refractivity contribution >= 4 is 28.6 Å². The van der Waals surface area contributed by atoms with Crippen molar-refractivity contribution in [1.29, 1.82) is 0 Å². The lowest BCUT2D eigenvalue weighted by Gasteiger charge is -2.15. The second kappa shape index (κ2) is 8.52. The molecule has 4 aromatic rings. The lowest BCUT2D eigenvalue weighted by molar-refractivity contribution is 0.0363. The van der Waals surface area contributed by atoms with Gasteiger partial charge in [0.2, 0.25) is 0 Å². The highest BCUT2D eigenvalue weighted by Crippen LogP contribution is 2.33. The van der Waals surface area contributed by atoms with E-state index in [4.69, 9.17) is 9.47 Å². The van der Waals surface area contributed by atoms with E-state index in [1.165, 1.54) is 11.1 Å². The number of rotatable bonds is 6. The minimum Gasteiger partial charge on any atom is -0.497 e. The fourth-order valence-corrected chi connectivity index (χ4v) is 5.09. The molecule has 31 heavy (non-hydrogen) atoms. The lowest BCUT2D eigenvalue weighted by Crippen LogP contribution is -2.21. The molecule has 0 fully saturated rings. The normalized spacial score (nSPS) is 15.5. The number of hydrogen-bond donors (Lipinski definition) is 0. The Balaban J connectivity index is 1.43. The molecule has 0 saturated heterocycles. The number of esters is 1. The number of carbonyl (C=O) groups is 1. The first-order valence-corrected chi connectivity index (χ1v) is 11.3. The third-order valence-electron chi connectivity index (χ3n) is 5.60. The van der Waals surface area contributed by atoms with E-state index >= 15 is 0 Å². The molecule has 0 bridgehead atoms. The molecule has 0 spiro atoms. The van der Waals surface area contributed by atoms with Crippen LogP contribution in [0.4, 0.5) is 0 Å². The molecule has 1 aliphatic rings. The zero-order chi connectivity index (χ0) is 21.2. The van der Waals surface area contributed by atoms with Gasteiger partial charge in [-0.1, -0.05) is 42.5 Å². The molecule has 5 rings (SSSR count). The van der Waals surface area contributed by atoms with E-state index in [0.717, 1.165) is 28.1 Å². The number of carbonyl (C=O) groups excluding carboxylic acids is 1. The van der Waals surface area contributed by atoms with Crippen LogP contribution in [-0.2, 0) is 17.7 Å². The van der Waals surface area contributed by atoms with Gasteiger partial charge in [-0.05, 0) is 41.5 Å². The van der Waals surface area contributed by atoms with E-state index in [9.17, 15) is 4.79 Å². The molecule has 4 nitrogen and oxygen atoms in total. The van der Waals surface area contributed by atoms with Crippen molar-refractivity contribution in [1.82, 2.24) is 4.57 Å². The Kier molecular flexibility index (Phi) is 5.43. The number of ether oxygens (including phenoxy) is 2. The van der Waals surface area contributed by atoms with Crippen LogP contribution >= 0.6 is 11.8 Å². The van der Waals surface area contributed by atoms with Crippen molar-refractivity contribution in [3.05, 3.63) is 95.7 Å². The second-order valence-corrected chi connectivity index (χ2v) is 8.78. The SMILES string of the molecule is COc1cccc(SCC2Cc3cn(Cc4ccccc4)c4cccc(c34)C(=O)O2)c1. The van der Waals surface area contributed by atoms with Crippen molar-refractivity contribution in [2.45, 2.75) is 24.0 Å². The standard InChI is InChI=1S/C26H23NO3S/c1-29-20-9-5-10-22(14-20)31-17-21-13-19-16-27(15-18-7-3-2-4-8-18)24-12-6-11-23(25(19)24)26(28)30-21/h2-12,14,16,21H,13,15,17H2,1H3. The van der Waals surface area contributed by atoms with Crippen molar-refractivity contribution < 1.29 is 14.3 Å². The highest BCUT2D eigenvalue weighted by atomic mass is 32.2. The van der Waals surface area contributed by atoms with Crippen LogP contribution in [0.5, 0.6) is 5.75 Å². The fraction of sp³-hybridized carbons (Fsp3) is 0.192. The first kappa shape index (κ1) is 19.8. The Labute approximate surface area is 185 Å². The zero-order valence-electron chi connectivity index (χ0n) is 17.3. The minimum absolute atomic E-state index is 0.188. The molecule has 156 valence electrons. The van der Waals surface area contributed by atoms with Gasteiger partial charge in [0.15, 0.2) is 0 Å². The van der Waals surface area contributed by atoms with Gasteiger partial charge in [0.25, 0.3) is 0 Å². The third kappa shape index (κ3) is 4.06. The van der Waals surface area contributed by atoms with Crippen molar-refractivity contribution in [2.75, 3.05) is 12.9 Å². The highest BCUT2D eigenvalue weighted by Gasteiger charge is 2.27. The summed E-state index contributed by atoms with van der Waals surface area (Å²) in [5, 5.41) is 1.03. The second-order valence-electron chi connectivity index (χ2n) is 7.69. The molecule has 0 N–H and O–H groups in total. The van der Waals surface area contributed by atoms with Crippen LogP contribution in [0.15, 0.2) is 83.9 Å². The van der Waals surface area contributed by atoms with Crippen LogP contribution in [0.3, 0.4) is 0 Å². The van der Waals surface area contributed by atoms with Gasteiger partial charge < -0.3 is 14.0 Å². The Morgan fingerprint density at radius 1 is 1.06 bits per heavy atom. The Bertz CT molecular complexity index is 1230. The smallest absolute Gasteiger partial charge is 0.339 e. The molecule has 2 heterocycles. The van der Waals surface area contributed by atoms with E-state index in [1.807, 2.05) is 36.4 Å². The summed E-state index contributed by atoms with van der Waals surface area (Å²) in [6, 6.07) is 24.3. The maximum atomic E-state index is 12.9. The molecule has 0 radical (unpaired) electrons. The topological polar surface area (TPSA) is 40.5 Å². The largest absolute Gasteiger partial charge is 0.497 e. The lowest BCUT2D eigenvalue weighted by atomic mass is 10.0. The van der Waals surface area contributed by atoms with E-state index in [0.29, 0.717) is 17.7 Å². The molecular formula is C26H23NO3S. The molecular weight excluding hydrogens is 406 g/mol. The van der Waals surface area contributed by atoms with Gasteiger partial charge in [-0.25, -0.2) is 4.79 Å². The van der Waals surface area contributed by atoms with E-state index < -0.39 is 0 Å². The fourth-order valence-electron chi connectivity index (χ4n) is 4.15. The molecule has 0 saturated carbocycles. The molecule has 1 aliphatic heterocycles. The maximum Gasteiger partial charge on any atom is 0.339 e. The van der Waals surface area contributed by atoms with E-state index in [1.54, 1.807) is 18.9 Å². The monoisotopic (exact) mass is 429 g/mol. The van der Waals surface area contributed by atoms with Gasteiger partial charge in [0.05, 0.1) is 12.7 Å². The van der Waals surface area contributed by atoms with Crippen LogP contribution in [0, 0.1) is 0 Å². The van der Waals surface area contributed by atoms with Gasteiger partial charge >= 0.3 is 5.97 Å². The predicted molar refractivity (Wildman–Crippen MR) is 124 cm³/mol. The van der Waals surface area contributed by atoms with E-state index in [-0.39, 0.29) is 12.1 Å². The molecule has 1 atom stereocenters. The number of aromatic nitrogens is 1. The van der Waals surface area contributed by atoms with Crippen LogP contribution in [0.1, 0.15) is 21.5 Å². The van der Waals surface area contributed by atoms with Gasteiger partial charge in [-0.15, -0.1) is 11.8 Å². The number of nitrogens with zero attached hydrogens (tertiary/aromatic N) is 1. The summed E-state index contributed by atoms with van der Waals surface area (Å²) < 4.78 is 13.4. The van der Waals surface area contributed by atoms with Crippen LogP contribution < -0.4 is 4.74 Å². The number of hydrogen-bond acceptors (Lipinski definition) is 4. The Hall–Kier alpha value is -3.18. The summed E-state index contributed by atoms with van der Waals surface area (Å²) in [4.78, 5) is 14.0. The Morgan fingerprint density at radius 2 is 1.90 bits per heavy atom. The van der Waals surface area contributed by atoms with E-state index in [2.05, 4.69) is 47.2 Å². The van der Waals surface area contributed by atoms with Crippen molar-refractivity contribution in [2.24, 2.45) is 0 Å². The predicted octanol–water partition coefficient (Wildman–Crippen LogP) is 5.57. The molecule has 3 aromatic carbocycles. The van der Waals surface area contributed by atoms with Crippen molar-refractivity contribution in [3.8, 4) is 5.75 Å².